The van der Waals surface area contributed by atoms with E-state index in [0.29, 0.717) is 33.6 Å². The molecule has 150 valence electrons. The molecule has 0 aromatic heterocycles. The van der Waals surface area contributed by atoms with Crippen LogP contribution in [0.2, 0.25) is 0 Å². The van der Waals surface area contributed by atoms with Crippen molar-refractivity contribution in [3.05, 3.63) is 60.2 Å². The number of nitrogens with one attached hydrogen (secondary N) is 3. The van der Waals surface area contributed by atoms with Crippen molar-refractivity contribution in [3.63, 3.8) is 0 Å². The predicted octanol–water partition coefficient (Wildman–Crippen LogP) is 3.14. The fourth-order valence-corrected chi connectivity index (χ4v) is 4.79. The van der Waals surface area contributed by atoms with Gasteiger partial charge in [0.15, 0.2) is 5.17 Å². The summed E-state index contributed by atoms with van der Waals surface area (Å²) in [6, 6.07) is 10.3. The molecule has 0 atom stereocenters. The van der Waals surface area contributed by atoms with Crippen LogP contribution in [0.25, 0.3) is 10.8 Å². The lowest BCUT2D eigenvalue weighted by atomic mass is 10.1. The second-order valence-electron chi connectivity index (χ2n) is 6.02. The minimum Gasteiger partial charge on any atom is -0.506 e. The Morgan fingerprint density at radius 3 is 2.55 bits per heavy atom. The van der Waals surface area contributed by atoms with Crippen LogP contribution in [-0.2, 0) is 10.0 Å². The van der Waals surface area contributed by atoms with Crippen LogP contribution < -0.4 is 15.6 Å². The highest BCUT2D eigenvalue weighted by Gasteiger charge is 2.23. The number of rotatable bonds is 4. The maximum atomic E-state index is 14.0. The molecule has 1 heterocycles. The summed E-state index contributed by atoms with van der Waals surface area (Å²) in [7, 11) is -4.35. The molecule has 11 heteroatoms. The quantitative estimate of drug-likeness (QED) is 0.469. The van der Waals surface area contributed by atoms with Crippen molar-refractivity contribution in [3.8, 4) is 5.75 Å². The van der Waals surface area contributed by atoms with Crippen LogP contribution in [0.3, 0.4) is 0 Å². The van der Waals surface area contributed by atoms with E-state index in [2.05, 4.69) is 20.6 Å². The summed E-state index contributed by atoms with van der Waals surface area (Å²) in [5, 5.41) is 11.9. The van der Waals surface area contributed by atoms with Crippen LogP contribution in [0.15, 0.2) is 63.3 Å². The lowest BCUT2D eigenvalue weighted by Gasteiger charge is -2.15. The molecular weight excluding hydrogens is 422 g/mol. The Hall–Kier alpha value is -2.89. The first-order valence-electron chi connectivity index (χ1n) is 8.29. The smallest absolute Gasteiger partial charge is 0.264 e. The highest BCUT2D eigenvalue weighted by Crippen LogP contribution is 2.40. The van der Waals surface area contributed by atoms with E-state index in [-0.39, 0.29) is 11.4 Å². The number of benzene rings is 3. The lowest BCUT2D eigenvalue weighted by Crippen LogP contribution is -2.27. The van der Waals surface area contributed by atoms with Gasteiger partial charge in [0.25, 0.3) is 10.0 Å². The number of sulfonamides is 1. The third-order valence-electron chi connectivity index (χ3n) is 4.11. The fourth-order valence-electron chi connectivity index (χ4n) is 2.82. The van der Waals surface area contributed by atoms with E-state index in [4.69, 9.17) is 0 Å². The molecule has 0 spiro atoms. The van der Waals surface area contributed by atoms with Gasteiger partial charge in [-0.2, -0.15) is 0 Å². The molecule has 1 aliphatic rings. The molecule has 3 aromatic rings. The standard InChI is InChI=1S/C18H14F2N4O3S2/c19-10-5-6-16(13(20)7-10)29(26,27)24-14-8-15(28-18-21-9-22-23-18)17(25)12-4-2-1-3-11(12)14/h1-8,22,24-25H,9H2,(H,21,23). The number of nitrogens with zero attached hydrogens (tertiary/aromatic N) is 1. The highest BCUT2D eigenvalue weighted by molar-refractivity contribution is 8.14. The maximum absolute atomic E-state index is 14.0. The van der Waals surface area contributed by atoms with Crippen molar-refractivity contribution in [1.29, 1.82) is 0 Å². The summed E-state index contributed by atoms with van der Waals surface area (Å²) in [6.07, 6.45) is 0. The van der Waals surface area contributed by atoms with E-state index in [1.165, 1.54) is 6.07 Å². The van der Waals surface area contributed by atoms with Crippen molar-refractivity contribution in [2.45, 2.75) is 9.79 Å². The Bertz CT molecular complexity index is 1250. The topological polar surface area (TPSA) is 103 Å². The number of halogens is 2. The minimum atomic E-state index is -4.35. The molecule has 1 aliphatic heterocycles. The SMILES string of the molecule is O=S(=O)(Nc1cc(SC2=NCNN2)c(O)c2ccccc12)c1ccc(F)cc1F. The van der Waals surface area contributed by atoms with E-state index in [0.717, 1.165) is 23.9 Å². The van der Waals surface area contributed by atoms with Crippen LogP contribution in [-0.4, -0.2) is 25.4 Å². The first kappa shape index (κ1) is 19.4. The average Bonchev–Trinajstić information content (AvgIpc) is 3.18. The van der Waals surface area contributed by atoms with Gasteiger partial charge in [-0.25, -0.2) is 27.6 Å². The second-order valence-corrected chi connectivity index (χ2v) is 8.70. The van der Waals surface area contributed by atoms with Gasteiger partial charge in [0, 0.05) is 16.8 Å². The van der Waals surface area contributed by atoms with Crippen molar-refractivity contribution >= 4 is 43.4 Å². The lowest BCUT2D eigenvalue weighted by molar-refractivity contribution is 0.469. The number of amidine groups is 1. The third kappa shape index (κ3) is 3.84. The molecule has 0 saturated carbocycles. The zero-order valence-corrected chi connectivity index (χ0v) is 16.2. The third-order valence-corrected chi connectivity index (χ3v) is 6.47. The molecule has 0 radical (unpaired) electrons. The van der Waals surface area contributed by atoms with E-state index in [1.807, 2.05) is 0 Å². The second kappa shape index (κ2) is 7.50. The average molecular weight is 436 g/mol. The summed E-state index contributed by atoms with van der Waals surface area (Å²) in [6.45, 7) is 0.361. The predicted molar refractivity (Wildman–Crippen MR) is 107 cm³/mol. The Morgan fingerprint density at radius 2 is 1.86 bits per heavy atom. The van der Waals surface area contributed by atoms with Crippen LogP contribution in [0, 0.1) is 11.6 Å². The Balaban J connectivity index is 1.81. The van der Waals surface area contributed by atoms with Crippen LogP contribution in [0.4, 0.5) is 14.5 Å². The van der Waals surface area contributed by atoms with E-state index in [1.54, 1.807) is 24.3 Å². The molecular formula is C18H14F2N4O3S2. The van der Waals surface area contributed by atoms with Gasteiger partial charge in [-0.3, -0.25) is 10.1 Å². The Morgan fingerprint density at radius 1 is 1.10 bits per heavy atom. The van der Waals surface area contributed by atoms with Gasteiger partial charge in [0.2, 0.25) is 0 Å². The number of phenolic OH excluding ortho intramolecular Hbond substituents is 1. The summed E-state index contributed by atoms with van der Waals surface area (Å²) < 4.78 is 55.0. The molecule has 0 amide bonds. The monoisotopic (exact) mass is 436 g/mol. The van der Waals surface area contributed by atoms with Crippen LogP contribution >= 0.6 is 11.8 Å². The van der Waals surface area contributed by atoms with Gasteiger partial charge >= 0.3 is 0 Å². The Kier molecular flexibility index (Phi) is 5.03. The number of hydrogen-bond donors (Lipinski definition) is 4. The van der Waals surface area contributed by atoms with Gasteiger partial charge in [0.05, 0.1) is 10.6 Å². The van der Waals surface area contributed by atoms with Crippen molar-refractivity contribution in [2.24, 2.45) is 4.99 Å². The number of aliphatic imine (C=N–C) groups is 1. The number of phenols is 1. The molecule has 0 saturated heterocycles. The number of anilines is 1. The zero-order valence-electron chi connectivity index (χ0n) is 14.6. The van der Waals surface area contributed by atoms with Gasteiger partial charge in [-0.1, -0.05) is 24.3 Å². The van der Waals surface area contributed by atoms with Crippen molar-refractivity contribution in [2.75, 3.05) is 11.4 Å². The summed E-state index contributed by atoms with van der Waals surface area (Å²) >= 11 is 1.10. The summed E-state index contributed by atoms with van der Waals surface area (Å²) in [5.41, 5.74) is 5.74. The summed E-state index contributed by atoms with van der Waals surface area (Å²) in [4.78, 5) is 3.81. The van der Waals surface area contributed by atoms with Crippen molar-refractivity contribution < 1.29 is 22.3 Å². The largest absolute Gasteiger partial charge is 0.506 e. The number of fused-ring (bicyclic) bond motifs is 1. The molecule has 0 bridgehead atoms. The molecule has 4 rings (SSSR count). The number of hydrazine groups is 1. The zero-order chi connectivity index (χ0) is 20.6. The van der Waals surface area contributed by atoms with Crippen LogP contribution in [0.1, 0.15) is 0 Å². The molecule has 0 unspecified atom stereocenters. The number of hydrogen-bond acceptors (Lipinski definition) is 7. The van der Waals surface area contributed by atoms with Gasteiger partial charge < -0.3 is 5.11 Å². The molecule has 4 N–H and O–H groups in total. The van der Waals surface area contributed by atoms with E-state index < -0.39 is 26.6 Å². The molecule has 0 aliphatic carbocycles. The van der Waals surface area contributed by atoms with Gasteiger partial charge in [0.1, 0.15) is 28.9 Å². The first-order valence-corrected chi connectivity index (χ1v) is 10.6. The van der Waals surface area contributed by atoms with E-state index in [9.17, 15) is 22.3 Å². The highest BCUT2D eigenvalue weighted by atomic mass is 32.2. The summed E-state index contributed by atoms with van der Waals surface area (Å²) in [5.74, 6) is -2.13. The Labute approximate surface area is 168 Å². The fraction of sp³-hybridized carbons (Fsp3) is 0.0556. The molecule has 29 heavy (non-hydrogen) atoms. The number of aromatic hydroxyl groups is 1. The molecule has 3 aromatic carbocycles. The normalized spacial score (nSPS) is 13.9. The molecule has 0 fully saturated rings. The number of thioether (sulfide) groups is 1. The van der Waals surface area contributed by atoms with Gasteiger partial charge in [-0.05, 0) is 30.0 Å². The molecule has 7 nitrogen and oxygen atoms in total. The van der Waals surface area contributed by atoms with Crippen molar-refractivity contribution in [1.82, 2.24) is 10.9 Å². The minimum absolute atomic E-state index is 0.0436. The van der Waals surface area contributed by atoms with Crippen LogP contribution in [0.5, 0.6) is 5.75 Å². The van der Waals surface area contributed by atoms with E-state index >= 15 is 0 Å². The maximum Gasteiger partial charge on any atom is 0.264 e. The first-order chi connectivity index (χ1) is 13.8. The van der Waals surface area contributed by atoms with Gasteiger partial charge in [-0.15, -0.1) is 0 Å².